The van der Waals surface area contributed by atoms with Crippen molar-refractivity contribution in [3.05, 3.63) is 17.5 Å². The van der Waals surface area contributed by atoms with E-state index in [-0.39, 0.29) is 0 Å². The van der Waals surface area contributed by atoms with Crippen LogP contribution >= 0.6 is 0 Å². The van der Waals surface area contributed by atoms with Crippen molar-refractivity contribution in [2.45, 2.75) is 58.2 Å². The van der Waals surface area contributed by atoms with Gasteiger partial charge in [0.25, 0.3) is 0 Å². The third-order valence-electron chi connectivity index (χ3n) is 3.56. The Morgan fingerprint density at radius 1 is 1.50 bits per heavy atom. The highest BCUT2D eigenvalue weighted by Gasteiger charge is 2.29. The summed E-state index contributed by atoms with van der Waals surface area (Å²) in [6, 6.07) is 0.613. The zero-order chi connectivity index (χ0) is 13.1. The van der Waals surface area contributed by atoms with Crippen LogP contribution < -0.4 is 5.32 Å². The maximum Gasteiger partial charge on any atom is 0.0694 e. The molecule has 1 aliphatic rings. The Morgan fingerprint density at radius 2 is 2.22 bits per heavy atom. The molecule has 1 aliphatic carbocycles. The molecule has 102 valence electrons. The number of hydrogen-bond acceptors (Lipinski definition) is 3. The van der Waals surface area contributed by atoms with Crippen LogP contribution in [0.15, 0.2) is 6.20 Å². The van der Waals surface area contributed by atoms with Gasteiger partial charge >= 0.3 is 0 Å². The lowest BCUT2D eigenvalue weighted by Crippen LogP contribution is -2.45. The molecule has 1 aromatic rings. The van der Waals surface area contributed by atoms with Crippen molar-refractivity contribution in [3.63, 3.8) is 0 Å². The fourth-order valence-electron chi connectivity index (χ4n) is 2.54. The first kappa shape index (κ1) is 13.6. The molecule has 0 aromatic carbocycles. The third-order valence-corrected chi connectivity index (χ3v) is 3.56. The van der Waals surface area contributed by atoms with Gasteiger partial charge in [0.05, 0.1) is 11.8 Å². The molecule has 0 saturated heterocycles. The molecule has 1 heterocycles. The molecule has 0 amide bonds. The van der Waals surface area contributed by atoms with Crippen LogP contribution in [0, 0.1) is 0 Å². The zero-order valence-corrected chi connectivity index (χ0v) is 11.9. The lowest BCUT2D eigenvalue weighted by molar-refractivity contribution is -0.0102. The molecule has 18 heavy (non-hydrogen) atoms. The van der Waals surface area contributed by atoms with E-state index >= 15 is 0 Å². The highest BCUT2D eigenvalue weighted by molar-refractivity contribution is 5.20. The van der Waals surface area contributed by atoms with Crippen LogP contribution in [0.1, 0.15) is 50.8 Å². The van der Waals surface area contributed by atoms with Crippen molar-refractivity contribution in [1.29, 1.82) is 0 Å². The molecule has 2 rings (SSSR count). The van der Waals surface area contributed by atoms with Gasteiger partial charge in [0.1, 0.15) is 0 Å². The standard InChI is InChI=1S/C14H25N3O/c1-5-18-13-6-12(7-13)15-8-11-9-17(4)16-14(11)10(2)3/h9-10,12-13,15H,5-8H2,1-4H3. The molecule has 1 saturated carbocycles. The van der Waals surface area contributed by atoms with Gasteiger partial charge in [0, 0.05) is 38.0 Å². The summed E-state index contributed by atoms with van der Waals surface area (Å²) in [5.74, 6) is 0.487. The minimum absolute atomic E-state index is 0.478. The van der Waals surface area contributed by atoms with Gasteiger partial charge < -0.3 is 10.1 Å². The minimum Gasteiger partial charge on any atom is -0.378 e. The van der Waals surface area contributed by atoms with Gasteiger partial charge in [-0.3, -0.25) is 4.68 Å². The van der Waals surface area contributed by atoms with Gasteiger partial charge in [-0.2, -0.15) is 5.10 Å². The fourth-order valence-corrected chi connectivity index (χ4v) is 2.54. The summed E-state index contributed by atoms with van der Waals surface area (Å²) in [6.45, 7) is 8.20. The Kier molecular flexibility index (Phi) is 4.40. The molecule has 4 heteroatoms. The first-order valence-corrected chi connectivity index (χ1v) is 6.97. The van der Waals surface area contributed by atoms with Crippen LogP contribution in [0.3, 0.4) is 0 Å². The van der Waals surface area contributed by atoms with Crippen molar-refractivity contribution in [3.8, 4) is 0 Å². The van der Waals surface area contributed by atoms with E-state index in [0.29, 0.717) is 18.1 Å². The average molecular weight is 251 g/mol. The maximum atomic E-state index is 5.57. The van der Waals surface area contributed by atoms with Crippen molar-refractivity contribution in [2.24, 2.45) is 7.05 Å². The van der Waals surface area contributed by atoms with Gasteiger partial charge in [-0.1, -0.05) is 13.8 Å². The van der Waals surface area contributed by atoms with E-state index in [1.807, 2.05) is 11.7 Å². The fraction of sp³-hybridized carbons (Fsp3) is 0.786. The monoisotopic (exact) mass is 251 g/mol. The van der Waals surface area contributed by atoms with Gasteiger partial charge in [0.15, 0.2) is 0 Å². The van der Waals surface area contributed by atoms with E-state index < -0.39 is 0 Å². The Morgan fingerprint density at radius 3 is 2.83 bits per heavy atom. The predicted octanol–water partition coefficient (Wildman–Crippen LogP) is 2.20. The first-order chi connectivity index (χ1) is 8.60. The number of aromatic nitrogens is 2. The molecule has 0 spiro atoms. The average Bonchev–Trinajstić information content (AvgIpc) is 2.63. The Hall–Kier alpha value is -0.870. The third kappa shape index (κ3) is 3.12. The number of nitrogens with zero attached hydrogens (tertiary/aromatic N) is 2. The van der Waals surface area contributed by atoms with E-state index in [0.717, 1.165) is 26.0 Å². The molecule has 1 aromatic heterocycles. The number of nitrogens with one attached hydrogen (secondary N) is 1. The summed E-state index contributed by atoms with van der Waals surface area (Å²) < 4.78 is 7.48. The smallest absolute Gasteiger partial charge is 0.0694 e. The van der Waals surface area contributed by atoms with E-state index in [2.05, 4.69) is 37.4 Å². The molecular formula is C14H25N3O. The Bertz CT molecular complexity index is 380. The molecule has 0 bridgehead atoms. The minimum atomic E-state index is 0.478. The second-order valence-corrected chi connectivity index (χ2v) is 5.49. The summed E-state index contributed by atoms with van der Waals surface area (Å²) in [4.78, 5) is 0. The number of aryl methyl sites for hydroxylation is 1. The topological polar surface area (TPSA) is 39.1 Å². The quantitative estimate of drug-likeness (QED) is 0.842. The SMILES string of the molecule is CCOC1CC(NCc2cn(C)nc2C(C)C)C1. The molecule has 0 radical (unpaired) electrons. The van der Waals surface area contributed by atoms with Gasteiger partial charge in [-0.05, 0) is 25.7 Å². The molecule has 1 fully saturated rings. The largest absolute Gasteiger partial charge is 0.378 e. The normalized spacial score (nSPS) is 23.4. The molecule has 4 nitrogen and oxygen atoms in total. The van der Waals surface area contributed by atoms with Crippen LogP contribution in [-0.2, 0) is 18.3 Å². The molecule has 0 atom stereocenters. The van der Waals surface area contributed by atoms with Crippen molar-refractivity contribution in [1.82, 2.24) is 15.1 Å². The molecule has 0 unspecified atom stereocenters. The van der Waals surface area contributed by atoms with Crippen LogP contribution in [0.2, 0.25) is 0 Å². The molecular weight excluding hydrogens is 226 g/mol. The van der Waals surface area contributed by atoms with Gasteiger partial charge in [-0.15, -0.1) is 0 Å². The van der Waals surface area contributed by atoms with E-state index in [1.165, 1.54) is 11.3 Å². The second kappa shape index (κ2) is 5.85. The van der Waals surface area contributed by atoms with Crippen LogP contribution in [0.4, 0.5) is 0 Å². The summed E-state index contributed by atoms with van der Waals surface area (Å²) >= 11 is 0. The number of hydrogen-bond donors (Lipinski definition) is 1. The zero-order valence-electron chi connectivity index (χ0n) is 11.9. The number of ether oxygens (including phenoxy) is 1. The van der Waals surface area contributed by atoms with Crippen LogP contribution in [0.5, 0.6) is 0 Å². The number of rotatable bonds is 6. The second-order valence-electron chi connectivity index (χ2n) is 5.49. The predicted molar refractivity (Wildman–Crippen MR) is 72.6 cm³/mol. The lowest BCUT2D eigenvalue weighted by atomic mass is 9.89. The van der Waals surface area contributed by atoms with Gasteiger partial charge in [0.2, 0.25) is 0 Å². The molecule has 1 N–H and O–H groups in total. The lowest BCUT2D eigenvalue weighted by Gasteiger charge is -2.35. The summed E-state index contributed by atoms with van der Waals surface area (Å²) in [6.07, 6.45) is 4.89. The first-order valence-electron chi connectivity index (χ1n) is 6.97. The highest BCUT2D eigenvalue weighted by atomic mass is 16.5. The van der Waals surface area contributed by atoms with Gasteiger partial charge in [-0.25, -0.2) is 0 Å². The maximum absolute atomic E-state index is 5.57. The van der Waals surface area contributed by atoms with E-state index in [1.54, 1.807) is 0 Å². The Balaban J connectivity index is 1.81. The van der Waals surface area contributed by atoms with E-state index in [4.69, 9.17) is 4.74 Å². The van der Waals surface area contributed by atoms with E-state index in [9.17, 15) is 0 Å². The summed E-state index contributed by atoms with van der Waals surface area (Å²) in [5, 5.41) is 8.13. The van der Waals surface area contributed by atoms with Crippen molar-refractivity contribution in [2.75, 3.05) is 6.61 Å². The van der Waals surface area contributed by atoms with Crippen LogP contribution in [-0.4, -0.2) is 28.5 Å². The summed E-state index contributed by atoms with van der Waals surface area (Å²) in [5.41, 5.74) is 2.54. The Labute approximate surface area is 110 Å². The van der Waals surface area contributed by atoms with Crippen molar-refractivity contribution >= 4 is 0 Å². The molecule has 0 aliphatic heterocycles. The van der Waals surface area contributed by atoms with Crippen molar-refractivity contribution < 1.29 is 4.74 Å². The highest BCUT2D eigenvalue weighted by Crippen LogP contribution is 2.24. The van der Waals surface area contributed by atoms with Crippen LogP contribution in [0.25, 0.3) is 0 Å². The summed E-state index contributed by atoms with van der Waals surface area (Å²) in [7, 11) is 1.99.